The molecule has 0 saturated carbocycles. The van der Waals surface area contributed by atoms with Gasteiger partial charge in [-0.25, -0.2) is 0 Å². The number of pyridine rings is 1. The number of benzene rings is 1. The number of fused-ring (bicyclic) bond motifs is 1. The van der Waals surface area contributed by atoms with Crippen molar-refractivity contribution in [1.29, 1.82) is 0 Å². The predicted octanol–water partition coefficient (Wildman–Crippen LogP) is 3.80. The Hall–Kier alpha value is -2.36. The lowest BCUT2D eigenvalue weighted by Gasteiger charge is -2.10. The Labute approximate surface area is 124 Å². The first-order valence-corrected chi connectivity index (χ1v) is 7.17. The van der Waals surface area contributed by atoms with Crippen LogP contribution in [0.3, 0.4) is 0 Å². The van der Waals surface area contributed by atoms with Gasteiger partial charge in [0.15, 0.2) is 0 Å². The van der Waals surface area contributed by atoms with E-state index in [9.17, 15) is 0 Å². The van der Waals surface area contributed by atoms with Gasteiger partial charge < -0.3 is 9.84 Å². The molecule has 0 atom stereocenters. The van der Waals surface area contributed by atoms with Crippen molar-refractivity contribution in [3.8, 4) is 0 Å². The van der Waals surface area contributed by atoms with Crippen LogP contribution in [0.1, 0.15) is 22.6 Å². The molecule has 0 aliphatic heterocycles. The first kappa shape index (κ1) is 13.6. The number of aryl methyl sites for hydroxylation is 3. The van der Waals surface area contributed by atoms with E-state index in [1.54, 1.807) is 0 Å². The van der Waals surface area contributed by atoms with E-state index in [1.807, 2.05) is 26.1 Å². The summed E-state index contributed by atoms with van der Waals surface area (Å²) in [6.45, 7) is 6.87. The lowest BCUT2D eigenvalue weighted by molar-refractivity contribution is 0.392. The quantitative estimate of drug-likeness (QED) is 0.790. The van der Waals surface area contributed by atoms with Crippen molar-refractivity contribution in [2.45, 2.75) is 27.2 Å². The minimum Gasteiger partial charge on any atom is -0.384 e. The third-order valence-electron chi connectivity index (χ3n) is 3.84. The van der Waals surface area contributed by atoms with Crippen LogP contribution in [0, 0.1) is 20.8 Å². The number of para-hydroxylation sites is 1. The molecule has 0 spiro atoms. The fourth-order valence-electron chi connectivity index (χ4n) is 2.66. The van der Waals surface area contributed by atoms with E-state index in [1.165, 1.54) is 11.1 Å². The molecule has 1 aromatic carbocycles. The molecule has 0 amide bonds. The standard InChI is InChI=1S/C17H19N3O/c1-11-5-4-6-15-16(8-10-19-17(11)15)18-9-7-14-12(2)20-21-13(14)3/h4-6,8,10H,7,9H2,1-3H3,(H,18,19). The second kappa shape index (κ2) is 5.56. The molecule has 4 nitrogen and oxygen atoms in total. The third kappa shape index (κ3) is 2.61. The largest absolute Gasteiger partial charge is 0.384 e. The SMILES string of the molecule is Cc1noc(C)c1CCNc1ccnc2c(C)cccc12. The van der Waals surface area contributed by atoms with Crippen molar-refractivity contribution >= 4 is 16.6 Å². The van der Waals surface area contributed by atoms with Crippen LogP contribution in [0.2, 0.25) is 0 Å². The number of hydrogen-bond donors (Lipinski definition) is 1. The summed E-state index contributed by atoms with van der Waals surface area (Å²) in [4.78, 5) is 4.46. The van der Waals surface area contributed by atoms with E-state index < -0.39 is 0 Å². The zero-order chi connectivity index (χ0) is 14.8. The molecule has 0 saturated heterocycles. The summed E-state index contributed by atoms with van der Waals surface area (Å²) in [6.07, 6.45) is 2.75. The Morgan fingerprint density at radius 3 is 2.76 bits per heavy atom. The molecule has 0 bridgehead atoms. The van der Waals surface area contributed by atoms with E-state index in [2.05, 4.69) is 40.6 Å². The molecule has 3 rings (SSSR count). The molecule has 0 radical (unpaired) electrons. The lowest BCUT2D eigenvalue weighted by Crippen LogP contribution is -2.06. The van der Waals surface area contributed by atoms with Crippen molar-refractivity contribution < 1.29 is 4.52 Å². The Morgan fingerprint density at radius 1 is 1.14 bits per heavy atom. The van der Waals surface area contributed by atoms with Crippen molar-refractivity contribution in [3.05, 3.63) is 53.0 Å². The van der Waals surface area contributed by atoms with Gasteiger partial charge in [0.1, 0.15) is 5.76 Å². The van der Waals surface area contributed by atoms with Crippen LogP contribution < -0.4 is 5.32 Å². The van der Waals surface area contributed by atoms with Crippen LogP contribution in [0.4, 0.5) is 5.69 Å². The van der Waals surface area contributed by atoms with Crippen molar-refractivity contribution in [1.82, 2.24) is 10.1 Å². The lowest BCUT2D eigenvalue weighted by atomic mass is 10.1. The molecule has 0 fully saturated rings. The van der Waals surface area contributed by atoms with Gasteiger partial charge in [0.2, 0.25) is 0 Å². The monoisotopic (exact) mass is 281 g/mol. The van der Waals surface area contributed by atoms with Gasteiger partial charge in [0, 0.05) is 29.4 Å². The van der Waals surface area contributed by atoms with Gasteiger partial charge in [-0.3, -0.25) is 4.98 Å². The first-order valence-electron chi connectivity index (χ1n) is 7.17. The minimum absolute atomic E-state index is 0.843. The summed E-state index contributed by atoms with van der Waals surface area (Å²) >= 11 is 0. The summed E-state index contributed by atoms with van der Waals surface area (Å²) < 4.78 is 5.20. The van der Waals surface area contributed by atoms with E-state index >= 15 is 0 Å². The highest BCUT2D eigenvalue weighted by atomic mass is 16.5. The molecule has 0 aliphatic carbocycles. The van der Waals surface area contributed by atoms with Gasteiger partial charge in [-0.2, -0.15) is 0 Å². The van der Waals surface area contributed by atoms with E-state index in [-0.39, 0.29) is 0 Å². The molecule has 108 valence electrons. The number of nitrogens with one attached hydrogen (secondary N) is 1. The van der Waals surface area contributed by atoms with Gasteiger partial charge in [-0.05, 0) is 38.8 Å². The smallest absolute Gasteiger partial charge is 0.137 e. The Kier molecular flexibility index (Phi) is 3.60. The Bertz CT molecular complexity index is 757. The molecule has 4 heteroatoms. The average molecular weight is 281 g/mol. The maximum atomic E-state index is 5.20. The number of anilines is 1. The minimum atomic E-state index is 0.843. The van der Waals surface area contributed by atoms with E-state index in [0.717, 1.165) is 41.0 Å². The normalized spacial score (nSPS) is 11.0. The maximum absolute atomic E-state index is 5.20. The van der Waals surface area contributed by atoms with Gasteiger partial charge >= 0.3 is 0 Å². The summed E-state index contributed by atoms with van der Waals surface area (Å²) in [6, 6.07) is 8.28. The highest BCUT2D eigenvalue weighted by Gasteiger charge is 2.09. The summed E-state index contributed by atoms with van der Waals surface area (Å²) in [5.41, 5.74) is 5.54. The van der Waals surface area contributed by atoms with E-state index in [4.69, 9.17) is 4.52 Å². The molecular formula is C17H19N3O. The summed E-state index contributed by atoms with van der Waals surface area (Å²) in [7, 11) is 0. The second-order valence-corrected chi connectivity index (χ2v) is 5.31. The summed E-state index contributed by atoms with van der Waals surface area (Å²) in [5, 5.41) is 8.65. The Morgan fingerprint density at radius 2 is 2.00 bits per heavy atom. The molecule has 0 aliphatic rings. The molecular weight excluding hydrogens is 262 g/mol. The van der Waals surface area contributed by atoms with Crippen LogP contribution in [0.5, 0.6) is 0 Å². The molecule has 2 heterocycles. The fraction of sp³-hybridized carbons (Fsp3) is 0.294. The molecule has 1 N–H and O–H groups in total. The van der Waals surface area contributed by atoms with Crippen LogP contribution >= 0.6 is 0 Å². The zero-order valence-electron chi connectivity index (χ0n) is 12.6. The molecule has 3 aromatic rings. The third-order valence-corrected chi connectivity index (χ3v) is 3.84. The van der Waals surface area contributed by atoms with Gasteiger partial charge in [-0.1, -0.05) is 23.4 Å². The van der Waals surface area contributed by atoms with Crippen molar-refractivity contribution in [2.75, 3.05) is 11.9 Å². The molecule has 2 aromatic heterocycles. The predicted molar refractivity (Wildman–Crippen MR) is 84.7 cm³/mol. The van der Waals surface area contributed by atoms with Gasteiger partial charge in [-0.15, -0.1) is 0 Å². The highest BCUT2D eigenvalue weighted by molar-refractivity contribution is 5.92. The number of hydrogen-bond acceptors (Lipinski definition) is 4. The van der Waals surface area contributed by atoms with Gasteiger partial charge in [0.05, 0.1) is 11.2 Å². The van der Waals surface area contributed by atoms with Gasteiger partial charge in [0.25, 0.3) is 0 Å². The van der Waals surface area contributed by atoms with E-state index in [0.29, 0.717) is 0 Å². The van der Waals surface area contributed by atoms with Crippen LogP contribution in [-0.2, 0) is 6.42 Å². The second-order valence-electron chi connectivity index (χ2n) is 5.31. The Balaban J connectivity index is 1.78. The zero-order valence-corrected chi connectivity index (χ0v) is 12.6. The maximum Gasteiger partial charge on any atom is 0.137 e. The molecule has 21 heavy (non-hydrogen) atoms. The summed E-state index contributed by atoms with van der Waals surface area (Å²) in [5.74, 6) is 0.907. The number of rotatable bonds is 4. The van der Waals surface area contributed by atoms with Crippen molar-refractivity contribution in [3.63, 3.8) is 0 Å². The highest BCUT2D eigenvalue weighted by Crippen LogP contribution is 2.24. The van der Waals surface area contributed by atoms with Crippen LogP contribution in [0.15, 0.2) is 35.0 Å². The van der Waals surface area contributed by atoms with Crippen LogP contribution in [-0.4, -0.2) is 16.7 Å². The fourth-order valence-corrected chi connectivity index (χ4v) is 2.66. The number of aromatic nitrogens is 2. The molecule has 0 unspecified atom stereocenters. The van der Waals surface area contributed by atoms with Crippen molar-refractivity contribution in [2.24, 2.45) is 0 Å². The first-order chi connectivity index (χ1) is 10.2. The van der Waals surface area contributed by atoms with Crippen LogP contribution in [0.25, 0.3) is 10.9 Å². The number of nitrogens with zero attached hydrogens (tertiary/aromatic N) is 2. The average Bonchev–Trinajstić information content (AvgIpc) is 2.80. The topological polar surface area (TPSA) is 51.0 Å².